The van der Waals surface area contributed by atoms with Gasteiger partial charge in [-0.1, -0.05) is 12.1 Å². The van der Waals surface area contributed by atoms with Crippen LogP contribution in [-0.2, 0) is 4.74 Å². The first-order valence-corrected chi connectivity index (χ1v) is 6.81. The molecular formula is C12H17BrN2OS. The van der Waals surface area contributed by atoms with E-state index in [2.05, 4.69) is 26.6 Å². The lowest BCUT2D eigenvalue weighted by Gasteiger charge is -2.11. The summed E-state index contributed by atoms with van der Waals surface area (Å²) < 4.78 is 6.24. The molecule has 17 heavy (non-hydrogen) atoms. The zero-order valence-corrected chi connectivity index (χ0v) is 12.2. The minimum Gasteiger partial charge on any atom is -0.382 e. The quantitative estimate of drug-likeness (QED) is 0.624. The second-order valence-electron chi connectivity index (χ2n) is 3.41. The molecule has 0 saturated carbocycles. The Balaban J connectivity index is 2.23. The van der Waals surface area contributed by atoms with E-state index in [-0.39, 0.29) is 0 Å². The van der Waals surface area contributed by atoms with Crippen molar-refractivity contribution in [1.29, 1.82) is 0 Å². The van der Waals surface area contributed by atoms with Crippen LogP contribution in [0.4, 0.5) is 5.69 Å². The van der Waals surface area contributed by atoms with Crippen LogP contribution in [0.5, 0.6) is 0 Å². The van der Waals surface area contributed by atoms with E-state index in [1.54, 1.807) is 0 Å². The van der Waals surface area contributed by atoms with Crippen LogP contribution in [0.3, 0.4) is 0 Å². The lowest BCUT2D eigenvalue weighted by Crippen LogP contribution is -2.29. The fourth-order valence-electron chi connectivity index (χ4n) is 1.25. The van der Waals surface area contributed by atoms with Gasteiger partial charge in [-0.3, -0.25) is 0 Å². The molecule has 2 N–H and O–H groups in total. The number of anilines is 1. The summed E-state index contributed by atoms with van der Waals surface area (Å²) in [4.78, 5) is 0. The second-order valence-corrected chi connectivity index (χ2v) is 4.67. The van der Waals surface area contributed by atoms with Crippen LogP contribution in [0.25, 0.3) is 0 Å². The van der Waals surface area contributed by atoms with E-state index in [1.165, 1.54) is 0 Å². The third-order valence-corrected chi connectivity index (χ3v) is 3.02. The van der Waals surface area contributed by atoms with Gasteiger partial charge >= 0.3 is 0 Å². The first-order chi connectivity index (χ1) is 8.24. The zero-order valence-electron chi connectivity index (χ0n) is 9.83. The summed E-state index contributed by atoms with van der Waals surface area (Å²) in [6.07, 6.45) is 0.950. The first kappa shape index (κ1) is 14.4. The predicted octanol–water partition coefficient (Wildman–Crippen LogP) is 3.16. The van der Waals surface area contributed by atoms with Gasteiger partial charge in [-0.05, 0) is 53.6 Å². The Labute approximate surface area is 116 Å². The smallest absolute Gasteiger partial charge is 0.170 e. The third kappa shape index (κ3) is 6.00. The molecular weight excluding hydrogens is 300 g/mol. The molecule has 1 aromatic carbocycles. The van der Waals surface area contributed by atoms with Crippen LogP contribution in [0, 0.1) is 0 Å². The normalized spacial score (nSPS) is 10.0. The molecule has 0 aromatic heterocycles. The maximum absolute atomic E-state index is 5.24. The zero-order chi connectivity index (χ0) is 12.5. The van der Waals surface area contributed by atoms with Gasteiger partial charge in [-0.15, -0.1) is 0 Å². The number of halogens is 1. The van der Waals surface area contributed by atoms with Crippen molar-refractivity contribution >= 4 is 38.9 Å². The molecule has 0 saturated heterocycles. The maximum atomic E-state index is 5.24. The van der Waals surface area contributed by atoms with E-state index in [0.717, 1.165) is 36.3 Å². The number of para-hydroxylation sites is 1. The van der Waals surface area contributed by atoms with Crippen molar-refractivity contribution < 1.29 is 4.74 Å². The molecule has 94 valence electrons. The highest BCUT2D eigenvalue weighted by atomic mass is 79.9. The second kappa shape index (κ2) is 8.44. The van der Waals surface area contributed by atoms with Crippen LogP contribution in [0.1, 0.15) is 13.3 Å². The lowest BCUT2D eigenvalue weighted by atomic mass is 10.3. The van der Waals surface area contributed by atoms with Crippen molar-refractivity contribution in [1.82, 2.24) is 5.32 Å². The largest absolute Gasteiger partial charge is 0.382 e. The Kier molecular flexibility index (Phi) is 7.16. The van der Waals surface area contributed by atoms with Gasteiger partial charge in [0, 0.05) is 24.2 Å². The fraction of sp³-hybridized carbons (Fsp3) is 0.417. The molecule has 0 aliphatic carbocycles. The number of nitrogens with one attached hydrogen (secondary N) is 2. The van der Waals surface area contributed by atoms with Crippen molar-refractivity contribution in [2.45, 2.75) is 13.3 Å². The van der Waals surface area contributed by atoms with Gasteiger partial charge < -0.3 is 15.4 Å². The summed E-state index contributed by atoms with van der Waals surface area (Å²) in [5.74, 6) is 0. The standard InChI is InChI=1S/C12H17BrN2OS/c1-2-16-9-5-8-14-12(17)15-11-7-4-3-6-10(11)13/h3-4,6-7H,2,5,8-9H2,1H3,(H2,14,15,17). The minimum absolute atomic E-state index is 0.633. The highest BCUT2D eigenvalue weighted by Crippen LogP contribution is 2.20. The van der Waals surface area contributed by atoms with Gasteiger partial charge in [0.05, 0.1) is 5.69 Å². The summed E-state index contributed by atoms with van der Waals surface area (Å²) in [5, 5.41) is 6.90. The number of hydrogen-bond acceptors (Lipinski definition) is 2. The molecule has 1 aromatic rings. The van der Waals surface area contributed by atoms with Crippen LogP contribution >= 0.6 is 28.1 Å². The predicted molar refractivity (Wildman–Crippen MR) is 79.5 cm³/mol. The molecule has 1 rings (SSSR count). The van der Waals surface area contributed by atoms with E-state index in [9.17, 15) is 0 Å². The Morgan fingerprint density at radius 2 is 2.18 bits per heavy atom. The van der Waals surface area contributed by atoms with Crippen molar-refractivity contribution in [2.24, 2.45) is 0 Å². The number of hydrogen-bond donors (Lipinski definition) is 2. The van der Waals surface area contributed by atoms with Crippen LogP contribution < -0.4 is 10.6 Å². The summed E-state index contributed by atoms with van der Waals surface area (Å²) in [6, 6.07) is 7.87. The number of benzene rings is 1. The van der Waals surface area contributed by atoms with Gasteiger partial charge in [0.2, 0.25) is 0 Å². The highest BCUT2D eigenvalue weighted by molar-refractivity contribution is 9.10. The molecule has 3 nitrogen and oxygen atoms in total. The van der Waals surface area contributed by atoms with Gasteiger partial charge in [0.15, 0.2) is 5.11 Å². The lowest BCUT2D eigenvalue weighted by molar-refractivity contribution is 0.146. The molecule has 0 heterocycles. The molecule has 0 aliphatic heterocycles. The molecule has 0 aliphatic rings. The molecule has 0 spiro atoms. The topological polar surface area (TPSA) is 33.3 Å². The first-order valence-electron chi connectivity index (χ1n) is 5.61. The van der Waals surface area contributed by atoms with E-state index >= 15 is 0 Å². The monoisotopic (exact) mass is 316 g/mol. The summed E-state index contributed by atoms with van der Waals surface area (Å²) >= 11 is 8.65. The molecule has 0 unspecified atom stereocenters. The molecule has 0 atom stereocenters. The van der Waals surface area contributed by atoms with Crippen LogP contribution in [0.2, 0.25) is 0 Å². The van der Waals surface area contributed by atoms with E-state index in [0.29, 0.717) is 5.11 Å². The molecule has 0 bridgehead atoms. The Morgan fingerprint density at radius 1 is 1.41 bits per heavy atom. The Morgan fingerprint density at radius 3 is 2.88 bits per heavy atom. The van der Waals surface area contributed by atoms with Gasteiger partial charge in [0.1, 0.15) is 0 Å². The number of ether oxygens (including phenoxy) is 1. The van der Waals surface area contributed by atoms with Gasteiger partial charge in [-0.25, -0.2) is 0 Å². The van der Waals surface area contributed by atoms with Gasteiger partial charge in [-0.2, -0.15) is 0 Å². The van der Waals surface area contributed by atoms with Crippen molar-refractivity contribution in [3.05, 3.63) is 28.7 Å². The average molecular weight is 317 g/mol. The highest BCUT2D eigenvalue weighted by Gasteiger charge is 2.00. The van der Waals surface area contributed by atoms with Crippen molar-refractivity contribution in [3.8, 4) is 0 Å². The average Bonchev–Trinajstić information content (AvgIpc) is 2.32. The third-order valence-electron chi connectivity index (χ3n) is 2.08. The minimum atomic E-state index is 0.633. The van der Waals surface area contributed by atoms with E-state index in [1.807, 2.05) is 31.2 Å². The van der Waals surface area contributed by atoms with Crippen LogP contribution in [-0.4, -0.2) is 24.9 Å². The molecule has 0 fully saturated rings. The SMILES string of the molecule is CCOCCCNC(=S)Nc1ccccc1Br. The van der Waals surface area contributed by atoms with E-state index in [4.69, 9.17) is 17.0 Å². The summed E-state index contributed by atoms with van der Waals surface area (Å²) in [5.41, 5.74) is 0.967. The molecule has 0 radical (unpaired) electrons. The van der Waals surface area contributed by atoms with Crippen molar-refractivity contribution in [3.63, 3.8) is 0 Å². The number of rotatable bonds is 6. The van der Waals surface area contributed by atoms with Crippen LogP contribution in [0.15, 0.2) is 28.7 Å². The van der Waals surface area contributed by atoms with Crippen molar-refractivity contribution in [2.75, 3.05) is 25.1 Å². The van der Waals surface area contributed by atoms with E-state index < -0.39 is 0 Å². The fourth-order valence-corrected chi connectivity index (χ4v) is 1.85. The Hall–Kier alpha value is -0.650. The molecule has 5 heteroatoms. The van der Waals surface area contributed by atoms with Gasteiger partial charge in [0.25, 0.3) is 0 Å². The summed E-state index contributed by atoms with van der Waals surface area (Å²) in [6.45, 7) is 4.34. The summed E-state index contributed by atoms with van der Waals surface area (Å²) in [7, 11) is 0. The number of thiocarbonyl (C=S) groups is 1. The Bertz CT molecular complexity index is 360. The molecule has 0 amide bonds. The maximum Gasteiger partial charge on any atom is 0.170 e.